The molecule has 0 saturated carbocycles. The Labute approximate surface area is 170 Å². The predicted molar refractivity (Wildman–Crippen MR) is 105 cm³/mol. The van der Waals surface area contributed by atoms with Gasteiger partial charge in [0.15, 0.2) is 6.10 Å². The van der Waals surface area contributed by atoms with Crippen LogP contribution >= 0.6 is 11.3 Å². The van der Waals surface area contributed by atoms with Crippen molar-refractivity contribution in [1.82, 2.24) is 14.9 Å². The molecule has 0 radical (unpaired) electrons. The zero-order valence-corrected chi connectivity index (χ0v) is 17.0. The maximum Gasteiger partial charge on any atom is 0.331 e. The number of fused-ring (bicyclic) bond motifs is 1. The molecule has 11 heteroatoms. The monoisotopic (exact) mass is 432 g/mol. The third-order valence-electron chi connectivity index (χ3n) is 4.14. The Bertz CT molecular complexity index is 1180. The molecule has 4 rings (SSSR count). The molecule has 0 aliphatic carbocycles. The number of benzene rings is 1. The Morgan fingerprint density at radius 1 is 1.21 bits per heavy atom. The first-order chi connectivity index (χ1) is 13.8. The van der Waals surface area contributed by atoms with Crippen LogP contribution in [-0.2, 0) is 19.6 Å². The van der Waals surface area contributed by atoms with Gasteiger partial charge in [0.1, 0.15) is 11.9 Å². The van der Waals surface area contributed by atoms with Crippen molar-refractivity contribution in [3.8, 4) is 10.8 Å². The highest BCUT2D eigenvalue weighted by Crippen LogP contribution is 2.26. The zero-order valence-electron chi connectivity index (χ0n) is 15.4. The molecule has 0 bridgehead atoms. The molecule has 0 fully saturated rings. The van der Waals surface area contributed by atoms with Gasteiger partial charge in [-0.1, -0.05) is 18.2 Å². The number of carbonyl (C=O) groups is 1. The van der Waals surface area contributed by atoms with Crippen LogP contribution in [0.5, 0.6) is 0 Å². The summed E-state index contributed by atoms with van der Waals surface area (Å²) in [7, 11) is -3.68. The second-order valence-electron chi connectivity index (χ2n) is 6.26. The highest BCUT2D eigenvalue weighted by atomic mass is 32.2. The van der Waals surface area contributed by atoms with Crippen LogP contribution in [0, 0.1) is 0 Å². The Kier molecular flexibility index (Phi) is 4.92. The summed E-state index contributed by atoms with van der Waals surface area (Å²) in [5, 5.41) is 9.76. The van der Waals surface area contributed by atoms with Gasteiger partial charge in [0.05, 0.1) is 9.77 Å². The fraction of sp³-hybridized carbons (Fsp3) is 0.222. The van der Waals surface area contributed by atoms with E-state index in [-0.39, 0.29) is 16.6 Å². The number of ether oxygens (including phenoxy) is 1. The van der Waals surface area contributed by atoms with Crippen LogP contribution in [0.2, 0.25) is 0 Å². The van der Waals surface area contributed by atoms with E-state index in [0.717, 1.165) is 4.88 Å². The van der Waals surface area contributed by atoms with E-state index in [1.54, 1.807) is 25.1 Å². The number of aromatic nitrogens is 2. The van der Waals surface area contributed by atoms with Gasteiger partial charge in [0, 0.05) is 5.56 Å². The summed E-state index contributed by atoms with van der Waals surface area (Å²) in [5.41, 5.74) is 0.415. The van der Waals surface area contributed by atoms with Crippen molar-refractivity contribution in [2.45, 2.75) is 30.9 Å². The van der Waals surface area contributed by atoms with Crippen molar-refractivity contribution in [1.29, 1.82) is 0 Å². The Morgan fingerprint density at radius 2 is 2.00 bits per heavy atom. The van der Waals surface area contributed by atoms with Crippen molar-refractivity contribution < 1.29 is 22.4 Å². The molecular weight excluding hydrogens is 416 g/mol. The largest absolute Gasteiger partial charge is 0.451 e. The molecule has 1 unspecified atom stereocenters. The van der Waals surface area contributed by atoms with Gasteiger partial charge in [-0.05, 0) is 37.4 Å². The molecule has 1 N–H and O–H groups in total. The molecule has 0 saturated heterocycles. The SMILES string of the molecule is CC(OC(=O)[C@H](C)N=C1NS(=O)(=O)c2ccccc21)c1nnc(-c2cccs2)o1. The van der Waals surface area contributed by atoms with Gasteiger partial charge in [-0.15, -0.1) is 21.5 Å². The number of nitrogens with one attached hydrogen (secondary N) is 1. The number of sulfonamides is 1. The van der Waals surface area contributed by atoms with E-state index in [1.165, 1.54) is 24.3 Å². The third-order valence-corrected chi connectivity index (χ3v) is 6.39. The average molecular weight is 432 g/mol. The lowest BCUT2D eigenvalue weighted by Crippen LogP contribution is -2.27. The Hall–Kier alpha value is -3.05. The normalized spacial score (nSPS) is 18.1. The molecule has 3 aromatic rings. The van der Waals surface area contributed by atoms with E-state index in [9.17, 15) is 13.2 Å². The lowest BCUT2D eigenvalue weighted by atomic mass is 10.2. The van der Waals surface area contributed by atoms with Gasteiger partial charge >= 0.3 is 5.97 Å². The summed E-state index contributed by atoms with van der Waals surface area (Å²) >= 11 is 1.45. The van der Waals surface area contributed by atoms with Crippen molar-refractivity contribution in [2.75, 3.05) is 0 Å². The smallest absolute Gasteiger partial charge is 0.331 e. The maximum atomic E-state index is 12.4. The molecule has 150 valence electrons. The first kappa shape index (κ1) is 19.3. The molecule has 1 aliphatic rings. The lowest BCUT2D eigenvalue weighted by molar-refractivity contribution is -0.150. The summed E-state index contributed by atoms with van der Waals surface area (Å²) in [4.78, 5) is 17.6. The van der Waals surface area contributed by atoms with Crippen molar-refractivity contribution in [3.63, 3.8) is 0 Å². The molecule has 0 amide bonds. The van der Waals surface area contributed by atoms with Gasteiger partial charge < -0.3 is 9.15 Å². The number of carbonyl (C=O) groups excluding carboxylic acids is 1. The number of aliphatic imine (C=N–C) groups is 1. The van der Waals surface area contributed by atoms with Gasteiger partial charge in [0.25, 0.3) is 21.8 Å². The molecule has 2 aromatic heterocycles. The van der Waals surface area contributed by atoms with E-state index in [0.29, 0.717) is 11.5 Å². The van der Waals surface area contributed by atoms with Crippen LogP contribution in [0.25, 0.3) is 10.8 Å². The standard InChI is InChI=1S/C18H16N4O5S2/c1-10(19-15-12-6-3-4-8-14(12)29(24,25)22-15)18(23)26-11(2)16-20-21-17(27-16)13-7-5-9-28-13/h3-11H,1-2H3,(H,19,22)/t10-,11?/m0/s1. The van der Waals surface area contributed by atoms with Crippen LogP contribution in [-0.4, -0.2) is 36.5 Å². The quantitative estimate of drug-likeness (QED) is 0.614. The molecule has 9 nitrogen and oxygen atoms in total. The summed E-state index contributed by atoms with van der Waals surface area (Å²) in [6.45, 7) is 3.12. The van der Waals surface area contributed by atoms with E-state index >= 15 is 0 Å². The van der Waals surface area contributed by atoms with Gasteiger partial charge in [-0.3, -0.25) is 9.71 Å². The Balaban J connectivity index is 1.47. The minimum absolute atomic E-state index is 0.107. The molecule has 1 aliphatic heterocycles. The topological polar surface area (TPSA) is 124 Å². The van der Waals surface area contributed by atoms with Gasteiger partial charge in [0.2, 0.25) is 0 Å². The fourth-order valence-corrected chi connectivity index (χ4v) is 4.58. The highest BCUT2D eigenvalue weighted by molar-refractivity contribution is 7.90. The molecule has 3 heterocycles. The molecule has 29 heavy (non-hydrogen) atoms. The minimum Gasteiger partial charge on any atom is -0.451 e. The van der Waals surface area contributed by atoms with Crippen LogP contribution in [0.15, 0.2) is 56.1 Å². The molecular formula is C18H16N4O5S2. The van der Waals surface area contributed by atoms with E-state index in [1.807, 2.05) is 17.5 Å². The van der Waals surface area contributed by atoms with Crippen LogP contribution in [0.3, 0.4) is 0 Å². The summed E-state index contributed by atoms with van der Waals surface area (Å²) in [6.07, 6.45) is -0.779. The zero-order chi connectivity index (χ0) is 20.6. The minimum atomic E-state index is -3.68. The number of amidine groups is 1. The van der Waals surface area contributed by atoms with E-state index < -0.39 is 28.1 Å². The number of hydrogen-bond donors (Lipinski definition) is 1. The van der Waals surface area contributed by atoms with Gasteiger partial charge in [-0.2, -0.15) is 0 Å². The highest BCUT2D eigenvalue weighted by Gasteiger charge is 2.31. The second-order valence-corrected chi connectivity index (χ2v) is 8.86. The van der Waals surface area contributed by atoms with Crippen LogP contribution in [0.1, 0.15) is 31.4 Å². The molecule has 2 atom stereocenters. The van der Waals surface area contributed by atoms with Crippen LogP contribution < -0.4 is 4.72 Å². The number of esters is 1. The van der Waals surface area contributed by atoms with Gasteiger partial charge in [-0.25, -0.2) is 13.2 Å². The molecule has 0 spiro atoms. The van der Waals surface area contributed by atoms with Crippen molar-refractivity contribution >= 4 is 33.2 Å². The first-order valence-electron chi connectivity index (χ1n) is 8.63. The summed E-state index contributed by atoms with van der Waals surface area (Å²) in [6, 6.07) is 9.18. The number of hydrogen-bond acceptors (Lipinski definition) is 9. The summed E-state index contributed by atoms with van der Waals surface area (Å²) in [5.74, 6) is -0.0309. The molecule has 1 aromatic carbocycles. The first-order valence-corrected chi connectivity index (χ1v) is 11.0. The average Bonchev–Trinajstić information content (AvgIpc) is 3.42. The fourth-order valence-electron chi connectivity index (χ4n) is 2.70. The number of thiophene rings is 1. The van der Waals surface area contributed by atoms with Crippen LogP contribution in [0.4, 0.5) is 0 Å². The summed E-state index contributed by atoms with van der Waals surface area (Å²) < 4.78 is 37.6. The lowest BCUT2D eigenvalue weighted by Gasteiger charge is -2.12. The Morgan fingerprint density at radius 3 is 2.76 bits per heavy atom. The number of nitrogens with zero attached hydrogens (tertiary/aromatic N) is 3. The van der Waals surface area contributed by atoms with E-state index in [2.05, 4.69) is 19.9 Å². The van der Waals surface area contributed by atoms with Crippen molar-refractivity contribution in [2.24, 2.45) is 4.99 Å². The maximum absolute atomic E-state index is 12.4. The second kappa shape index (κ2) is 7.41. The predicted octanol–water partition coefficient (Wildman–Crippen LogP) is 2.53. The third kappa shape index (κ3) is 3.78. The van der Waals surface area contributed by atoms with Crippen molar-refractivity contribution in [3.05, 3.63) is 53.2 Å². The van der Waals surface area contributed by atoms with E-state index in [4.69, 9.17) is 9.15 Å². The number of rotatable bonds is 5.